The van der Waals surface area contributed by atoms with Crippen LogP contribution in [0.2, 0.25) is 5.02 Å². The van der Waals surface area contributed by atoms with Crippen molar-refractivity contribution in [1.82, 2.24) is 14.6 Å². The number of nitrogens with zero attached hydrogens (tertiary/aromatic N) is 3. The first-order valence-electron chi connectivity index (χ1n) is 8.98. The molecule has 0 radical (unpaired) electrons. The lowest BCUT2D eigenvalue weighted by molar-refractivity contribution is 0.102. The highest BCUT2D eigenvalue weighted by atomic mass is 35.5. The van der Waals surface area contributed by atoms with Crippen molar-refractivity contribution in [2.24, 2.45) is 0 Å². The minimum Gasteiger partial charge on any atom is -0.506 e. The normalized spacial score (nSPS) is 11.1. The molecule has 0 aliphatic carbocycles. The lowest BCUT2D eigenvalue weighted by Crippen LogP contribution is -2.13. The van der Waals surface area contributed by atoms with E-state index in [1.54, 1.807) is 24.3 Å². The zero-order valence-electron chi connectivity index (χ0n) is 16.0. The second-order valence-electron chi connectivity index (χ2n) is 6.50. The van der Waals surface area contributed by atoms with Gasteiger partial charge in [0.25, 0.3) is 12.3 Å². The van der Waals surface area contributed by atoms with E-state index in [1.165, 1.54) is 31.4 Å². The predicted octanol–water partition coefficient (Wildman–Crippen LogP) is 4.95. The topological polar surface area (TPSA) is 88.8 Å². The van der Waals surface area contributed by atoms with Crippen molar-refractivity contribution in [2.45, 2.75) is 6.43 Å². The molecule has 10 heteroatoms. The van der Waals surface area contributed by atoms with E-state index in [0.717, 1.165) is 10.7 Å². The Hall–Kier alpha value is -3.72. The third-order valence-electron chi connectivity index (χ3n) is 4.56. The van der Waals surface area contributed by atoms with Gasteiger partial charge in [-0.3, -0.25) is 4.79 Å². The van der Waals surface area contributed by atoms with E-state index in [-0.39, 0.29) is 28.3 Å². The molecule has 0 unspecified atom stereocenters. The van der Waals surface area contributed by atoms with Crippen LogP contribution in [0.4, 0.5) is 14.5 Å². The SMILES string of the molecule is COc1ccc(-c2cc(C(F)F)n3ncc(C(=O)Nc4cc(Cl)ccc4O)c3n2)cc1. The number of carbonyl (C=O) groups is 1. The first-order valence-corrected chi connectivity index (χ1v) is 9.36. The highest BCUT2D eigenvalue weighted by molar-refractivity contribution is 6.31. The number of fused-ring (bicyclic) bond motifs is 1. The molecule has 4 aromatic rings. The number of hydrogen-bond donors (Lipinski definition) is 2. The number of aromatic nitrogens is 3. The molecular weight excluding hydrogens is 430 g/mol. The van der Waals surface area contributed by atoms with E-state index in [4.69, 9.17) is 16.3 Å². The Balaban J connectivity index is 1.80. The number of nitrogens with one attached hydrogen (secondary N) is 1. The molecular formula is C21H15ClF2N4O3. The number of halogens is 3. The fourth-order valence-corrected chi connectivity index (χ4v) is 3.18. The molecule has 0 bridgehead atoms. The van der Waals surface area contributed by atoms with Crippen molar-refractivity contribution in [2.75, 3.05) is 12.4 Å². The number of methoxy groups -OCH3 is 1. The number of carbonyl (C=O) groups excluding carboxylic acids is 1. The maximum atomic E-state index is 13.7. The van der Waals surface area contributed by atoms with Crippen molar-refractivity contribution >= 4 is 28.8 Å². The fourth-order valence-electron chi connectivity index (χ4n) is 3.01. The third kappa shape index (κ3) is 3.99. The number of hydrogen-bond acceptors (Lipinski definition) is 5. The van der Waals surface area contributed by atoms with Crippen LogP contribution < -0.4 is 10.1 Å². The highest BCUT2D eigenvalue weighted by Crippen LogP contribution is 2.30. The van der Waals surface area contributed by atoms with Crippen LogP contribution in [0, 0.1) is 0 Å². The van der Waals surface area contributed by atoms with Crippen LogP contribution in [0.3, 0.4) is 0 Å². The fraction of sp³-hybridized carbons (Fsp3) is 0.0952. The molecule has 0 aliphatic rings. The number of anilines is 1. The van der Waals surface area contributed by atoms with E-state index >= 15 is 0 Å². The van der Waals surface area contributed by atoms with Gasteiger partial charge in [-0.2, -0.15) is 5.10 Å². The molecule has 0 saturated carbocycles. The number of alkyl halides is 2. The van der Waals surface area contributed by atoms with Gasteiger partial charge in [-0.1, -0.05) is 11.6 Å². The highest BCUT2D eigenvalue weighted by Gasteiger charge is 2.22. The second kappa shape index (κ2) is 8.19. The Kier molecular flexibility index (Phi) is 5.43. The summed E-state index contributed by atoms with van der Waals surface area (Å²) in [5, 5.41) is 16.6. The first-order chi connectivity index (χ1) is 14.9. The average Bonchev–Trinajstić information content (AvgIpc) is 3.19. The molecule has 0 atom stereocenters. The smallest absolute Gasteiger partial charge is 0.280 e. The zero-order chi connectivity index (χ0) is 22.1. The van der Waals surface area contributed by atoms with E-state index in [0.29, 0.717) is 16.3 Å². The van der Waals surface area contributed by atoms with Gasteiger partial charge in [0.05, 0.1) is 24.7 Å². The summed E-state index contributed by atoms with van der Waals surface area (Å²) < 4.78 is 33.5. The molecule has 7 nitrogen and oxygen atoms in total. The number of ether oxygens (including phenoxy) is 1. The summed E-state index contributed by atoms with van der Waals surface area (Å²) in [6.07, 6.45) is -1.71. The molecule has 1 amide bonds. The number of phenolic OH excluding ortho intramolecular Hbond substituents is 1. The largest absolute Gasteiger partial charge is 0.506 e. The van der Waals surface area contributed by atoms with Crippen LogP contribution in [0.15, 0.2) is 54.7 Å². The summed E-state index contributed by atoms with van der Waals surface area (Å²) in [6, 6.07) is 12.1. The number of phenols is 1. The molecule has 31 heavy (non-hydrogen) atoms. The van der Waals surface area contributed by atoms with Crippen LogP contribution in [0.5, 0.6) is 11.5 Å². The second-order valence-corrected chi connectivity index (χ2v) is 6.94. The van der Waals surface area contributed by atoms with Gasteiger partial charge in [0.1, 0.15) is 22.8 Å². The third-order valence-corrected chi connectivity index (χ3v) is 4.80. The Labute approximate surface area is 179 Å². The van der Waals surface area contributed by atoms with Gasteiger partial charge >= 0.3 is 0 Å². The molecule has 4 rings (SSSR count). The van der Waals surface area contributed by atoms with Crippen LogP contribution in [-0.2, 0) is 0 Å². The summed E-state index contributed by atoms with van der Waals surface area (Å²) in [5.41, 5.74) is 0.354. The van der Waals surface area contributed by atoms with Gasteiger partial charge in [0.15, 0.2) is 5.65 Å². The van der Waals surface area contributed by atoms with Gasteiger partial charge in [0.2, 0.25) is 0 Å². The monoisotopic (exact) mass is 444 g/mol. The maximum absolute atomic E-state index is 13.7. The number of aromatic hydroxyl groups is 1. The standard InChI is InChI=1S/C21H15ClF2N4O3/c1-31-13-5-2-11(3-6-13)15-9-17(19(23)24)28-20(26-15)14(10-25-28)21(30)27-16-8-12(22)4-7-18(16)29/h2-10,19,29H,1H3,(H,27,30). The molecule has 0 fully saturated rings. The molecule has 2 aromatic carbocycles. The van der Waals surface area contributed by atoms with Crippen molar-refractivity contribution in [1.29, 1.82) is 0 Å². The van der Waals surface area contributed by atoms with Crippen molar-refractivity contribution in [3.63, 3.8) is 0 Å². The van der Waals surface area contributed by atoms with E-state index in [1.807, 2.05) is 0 Å². The van der Waals surface area contributed by atoms with Crippen molar-refractivity contribution in [3.05, 3.63) is 71.0 Å². The van der Waals surface area contributed by atoms with E-state index in [2.05, 4.69) is 15.4 Å². The number of rotatable bonds is 5. The average molecular weight is 445 g/mol. The minimum absolute atomic E-state index is 0.0448. The summed E-state index contributed by atoms with van der Waals surface area (Å²) in [5.74, 6) is -0.286. The number of benzene rings is 2. The van der Waals surface area contributed by atoms with Crippen LogP contribution in [0.25, 0.3) is 16.9 Å². The predicted molar refractivity (Wildman–Crippen MR) is 111 cm³/mol. The molecule has 0 spiro atoms. The quantitative estimate of drug-likeness (QED) is 0.425. The number of amides is 1. The minimum atomic E-state index is -2.85. The Morgan fingerprint density at radius 3 is 2.61 bits per heavy atom. The van der Waals surface area contributed by atoms with Gasteiger partial charge in [-0.15, -0.1) is 0 Å². The summed E-state index contributed by atoms with van der Waals surface area (Å²) >= 11 is 5.90. The lowest BCUT2D eigenvalue weighted by atomic mass is 10.1. The molecule has 2 N–H and O–H groups in total. The van der Waals surface area contributed by atoms with E-state index < -0.39 is 18.0 Å². The maximum Gasteiger partial charge on any atom is 0.280 e. The first kappa shape index (κ1) is 20.5. The summed E-state index contributed by atoms with van der Waals surface area (Å²) in [6.45, 7) is 0. The Morgan fingerprint density at radius 1 is 1.19 bits per heavy atom. The van der Waals surface area contributed by atoms with Crippen molar-refractivity contribution in [3.8, 4) is 22.8 Å². The molecule has 2 heterocycles. The van der Waals surface area contributed by atoms with Gasteiger partial charge in [-0.25, -0.2) is 18.3 Å². The summed E-state index contributed by atoms with van der Waals surface area (Å²) in [7, 11) is 1.52. The van der Waals surface area contributed by atoms with Crippen LogP contribution in [-0.4, -0.2) is 32.7 Å². The molecule has 158 valence electrons. The van der Waals surface area contributed by atoms with E-state index in [9.17, 15) is 18.7 Å². The summed E-state index contributed by atoms with van der Waals surface area (Å²) in [4.78, 5) is 17.2. The Bertz CT molecular complexity index is 1280. The van der Waals surface area contributed by atoms with Crippen LogP contribution in [0.1, 0.15) is 22.5 Å². The zero-order valence-corrected chi connectivity index (χ0v) is 16.8. The molecule has 0 saturated heterocycles. The van der Waals surface area contributed by atoms with Gasteiger partial charge < -0.3 is 15.2 Å². The van der Waals surface area contributed by atoms with Gasteiger partial charge in [-0.05, 0) is 48.5 Å². The Morgan fingerprint density at radius 2 is 1.94 bits per heavy atom. The van der Waals surface area contributed by atoms with Gasteiger partial charge in [0, 0.05) is 10.6 Å². The molecule has 0 aliphatic heterocycles. The lowest BCUT2D eigenvalue weighted by Gasteiger charge is -2.10. The molecule has 2 aromatic heterocycles. The van der Waals surface area contributed by atoms with Crippen LogP contribution >= 0.6 is 11.6 Å². The van der Waals surface area contributed by atoms with Crippen molar-refractivity contribution < 1.29 is 23.4 Å².